The van der Waals surface area contributed by atoms with E-state index >= 15 is 0 Å². The predicted molar refractivity (Wildman–Crippen MR) is 195 cm³/mol. The van der Waals surface area contributed by atoms with Gasteiger partial charge in [-0.1, -0.05) is 99.6 Å². The van der Waals surface area contributed by atoms with E-state index in [2.05, 4.69) is 48.4 Å². The van der Waals surface area contributed by atoms with Crippen LogP contribution in [0.15, 0.2) is 84.2 Å². The van der Waals surface area contributed by atoms with Crippen molar-refractivity contribution in [2.24, 2.45) is 11.8 Å². The Morgan fingerprint density at radius 3 is 2.14 bits per heavy atom. The van der Waals surface area contributed by atoms with Crippen LogP contribution in [0, 0.1) is 11.8 Å². The Morgan fingerprint density at radius 1 is 0.920 bits per heavy atom. The van der Waals surface area contributed by atoms with Crippen LogP contribution in [0.25, 0.3) is 11.1 Å². The summed E-state index contributed by atoms with van der Waals surface area (Å²) in [7, 11) is 1.76. The smallest absolute Gasteiger partial charge is 0.409 e. The maximum absolute atomic E-state index is 13.6. The van der Waals surface area contributed by atoms with Crippen LogP contribution in [0.2, 0.25) is 0 Å². The molecule has 0 saturated carbocycles. The summed E-state index contributed by atoms with van der Waals surface area (Å²) in [6.07, 6.45) is 0.400. The maximum Gasteiger partial charge on any atom is 0.409 e. The molecule has 1 heterocycles. The number of thiazole rings is 1. The highest BCUT2D eigenvalue weighted by atomic mass is 32.1. The van der Waals surface area contributed by atoms with Crippen LogP contribution in [-0.4, -0.2) is 65.3 Å². The van der Waals surface area contributed by atoms with Gasteiger partial charge in [0.1, 0.15) is 23.4 Å². The number of fused-ring (bicyclic) bond motifs is 3. The second kappa shape index (κ2) is 16.9. The Kier molecular flexibility index (Phi) is 12.4. The fourth-order valence-electron chi connectivity index (χ4n) is 6.79. The molecular weight excluding hydrogens is 651 g/mol. The van der Waals surface area contributed by atoms with Crippen molar-refractivity contribution in [2.75, 3.05) is 20.3 Å². The molecule has 10 heteroatoms. The molecule has 50 heavy (non-hydrogen) atoms. The average Bonchev–Trinajstić information content (AvgIpc) is 3.73. The monoisotopic (exact) mass is 697 g/mol. The molecule has 4 aromatic rings. The molecule has 1 aromatic heterocycles. The molecule has 1 aliphatic rings. The van der Waals surface area contributed by atoms with Crippen molar-refractivity contribution in [3.05, 3.63) is 112 Å². The lowest BCUT2D eigenvalue weighted by molar-refractivity contribution is -0.141. The van der Waals surface area contributed by atoms with E-state index in [0.29, 0.717) is 24.5 Å². The Morgan fingerprint density at radius 2 is 1.54 bits per heavy atom. The molecule has 1 aliphatic carbocycles. The summed E-state index contributed by atoms with van der Waals surface area (Å²) in [5, 5.41) is 14.9. The van der Waals surface area contributed by atoms with Gasteiger partial charge in [-0.2, -0.15) is 0 Å². The first-order valence-electron chi connectivity index (χ1n) is 17.3. The zero-order valence-electron chi connectivity index (χ0n) is 29.4. The van der Waals surface area contributed by atoms with Gasteiger partial charge in [-0.15, -0.1) is 11.3 Å². The van der Waals surface area contributed by atoms with E-state index in [0.717, 1.165) is 16.7 Å². The molecule has 0 bridgehead atoms. The lowest BCUT2D eigenvalue weighted by Crippen LogP contribution is -2.42. The van der Waals surface area contributed by atoms with Crippen LogP contribution in [0.4, 0.5) is 4.79 Å². The number of ether oxygens (including phenoxy) is 2. The molecule has 0 aliphatic heterocycles. The van der Waals surface area contributed by atoms with E-state index in [4.69, 9.17) is 9.47 Å². The van der Waals surface area contributed by atoms with Crippen molar-refractivity contribution in [3.8, 4) is 11.1 Å². The Labute approximate surface area is 298 Å². The van der Waals surface area contributed by atoms with Gasteiger partial charge in [-0.3, -0.25) is 9.59 Å². The van der Waals surface area contributed by atoms with Gasteiger partial charge in [0, 0.05) is 43.5 Å². The minimum atomic E-state index is -0.907. The first-order chi connectivity index (χ1) is 24.1. The number of aliphatic carboxylic acids is 1. The van der Waals surface area contributed by atoms with Gasteiger partial charge in [0.15, 0.2) is 0 Å². The molecule has 0 spiro atoms. The molecule has 2 amide bonds. The molecule has 0 fully saturated rings. The summed E-state index contributed by atoms with van der Waals surface area (Å²) in [6, 6.07) is 25.6. The van der Waals surface area contributed by atoms with Crippen LogP contribution in [-0.2, 0) is 20.7 Å². The first kappa shape index (κ1) is 36.7. The fraction of sp³-hybridized carbons (Fsp3) is 0.400. The number of nitrogens with one attached hydrogen (secondary N) is 1. The molecule has 4 atom stereocenters. The van der Waals surface area contributed by atoms with Gasteiger partial charge in [0.05, 0.1) is 5.92 Å². The van der Waals surface area contributed by atoms with Gasteiger partial charge in [-0.05, 0) is 53.5 Å². The van der Waals surface area contributed by atoms with Crippen molar-refractivity contribution in [1.82, 2.24) is 15.2 Å². The van der Waals surface area contributed by atoms with Crippen molar-refractivity contribution in [3.63, 3.8) is 0 Å². The second-order valence-electron chi connectivity index (χ2n) is 13.3. The van der Waals surface area contributed by atoms with Gasteiger partial charge >= 0.3 is 12.1 Å². The quantitative estimate of drug-likeness (QED) is 0.122. The number of carbonyl (C=O) groups excluding carboxylic acids is 2. The summed E-state index contributed by atoms with van der Waals surface area (Å²) < 4.78 is 12.1. The second-order valence-corrected chi connectivity index (χ2v) is 14.2. The molecule has 0 saturated heterocycles. The maximum atomic E-state index is 13.6. The summed E-state index contributed by atoms with van der Waals surface area (Å²) in [5.41, 5.74) is 5.93. The van der Waals surface area contributed by atoms with Gasteiger partial charge < -0.3 is 24.8 Å². The van der Waals surface area contributed by atoms with Crippen molar-refractivity contribution in [2.45, 2.75) is 71.1 Å². The SMILES string of the molecule is CCOC(CC(C(C)C)N(C)C(=O)OCC1c2ccccc2-c2ccccc21)c1nc(C(=O)NC(Cc2ccccc2)CC(C)C(=O)O)cs1. The van der Waals surface area contributed by atoms with Crippen molar-refractivity contribution in [1.29, 1.82) is 0 Å². The third kappa shape index (κ3) is 8.78. The normalized spacial score (nSPS) is 14.7. The highest BCUT2D eigenvalue weighted by molar-refractivity contribution is 7.09. The first-order valence-corrected chi connectivity index (χ1v) is 18.2. The lowest BCUT2D eigenvalue weighted by atomic mass is 9.96. The summed E-state index contributed by atoms with van der Waals surface area (Å²) in [4.78, 5) is 44.9. The lowest BCUT2D eigenvalue weighted by Gasteiger charge is -2.33. The van der Waals surface area contributed by atoms with Crippen LogP contribution < -0.4 is 5.32 Å². The highest BCUT2D eigenvalue weighted by Crippen LogP contribution is 2.44. The Hall–Kier alpha value is -4.54. The van der Waals surface area contributed by atoms with Crippen LogP contribution in [0.5, 0.6) is 0 Å². The standard InChI is InChI=1S/C40H47N3O6S/c1-6-48-36(38-42-34(24-50-38)37(44)41-28(20-26(4)39(45)46)21-27-14-8-7-9-15-27)22-35(25(2)3)43(5)40(47)49-23-33-31-18-12-10-16-29(31)30-17-11-13-19-32(30)33/h7-19,24-26,28,33,35-36H,6,20-23H2,1-5H3,(H,41,44)(H,45,46). The molecule has 3 aromatic carbocycles. The van der Waals surface area contributed by atoms with E-state index in [-0.39, 0.29) is 48.5 Å². The highest BCUT2D eigenvalue weighted by Gasteiger charge is 2.33. The topological polar surface area (TPSA) is 118 Å². The molecule has 0 radical (unpaired) electrons. The van der Waals surface area contributed by atoms with Crippen LogP contribution >= 0.6 is 11.3 Å². The zero-order chi connectivity index (χ0) is 35.8. The van der Waals surface area contributed by atoms with Gasteiger partial charge in [0.2, 0.25) is 0 Å². The number of rotatable bonds is 16. The minimum Gasteiger partial charge on any atom is -0.481 e. The number of carbonyl (C=O) groups is 3. The largest absolute Gasteiger partial charge is 0.481 e. The van der Waals surface area contributed by atoms with Gasteiger partial charge in [-0.25, -0.2) is 9.78 Å². The van der Waals surface area contributed by atoms with Crippen molar-refractivity contribution < 1.29 is 29.0 Å². The summed E-state index contributed by atoms with van der Waals surface area (Å²) >= 11 is 1.34. The number of hydrogen-bond acceptors (Lipinski definition) is 7. The fourth-order valence-corrected chi connectivity index (χ4v) is 7.65. The van der Waals surface area contributed by atoms with E-state index in [1.54, 1.807) is 24.3 Å². The van der Waals surface area contributed by atoms with Crippen LogP contribution in [0.1, 0.15) is 84.7 Å². The molecule has 4 unspecified atom stereocenters. The average molecular weight is 698 g/mol. The molecule has 2 N–H and O–H groups in total. The van der Waals surface area contributed by atoms with E-state index in [1.165, 1.54) is 22.5 Å². The van der Waals surface area contributed by atoms with E-state index in [9.17, 15) is 19.5 Å². The Bertz CT molecular complexity index is 1710. The number of amides is 2. The summed E-state index contributed by atoms with van der Waals surface area (Å²) in [6.45, 7) is 8.34. The number of benzene rings is 3. The number of hydrogen-bond donors (Lipinski definition) is 2. The molecular formula is C40H47N3O6S. The molecule has 9 nitrogen and oxygen atoms in total. The van der Waals surface area contributed by atoms with Gasteiger partial charge in [0.25, 0.3) is 5.91 Å². The third-order valence-electron chi connectivity index (χ3n) is 9.46. The zero-order valence-corrected chi connectivity index (χ0v) is 30.2. The predicted octanol–water partition coefficient (Wildman–Crippen LogP) is 7.97. The number of carboxylic acids is 1. The molecule has 264 valence electrons. The number of nitrogens with zero attached hydrogens (tertiary/aromatic N) is 2. The number of aromatic nitrogens is 1. The third-order valence-corrected chi connectivity index (χ3v) is 10.4. The van der Waals surface area contributed by atoms with E-state index < -0.39 is 24.1 Å². The van der Waals surface area contributed by atoms with E-state index in [1.807, 2.05) is 61.5 Å². The van der Waals surface area contributed by atoms with Crippen molar-refractivity contribution >= 4 is 29.3 Å². The number of carboxylic acid groups (broad SMARTS) is 1. The van der Waals surface area contributed by atoms with Crippen LogP contribution in [0.3, 0.4) is 0 Å². The minimum absolute atomic E-state index is 0.0343. The Balaban J connectivity index is 1.25. The summed E-state index contributed by atoms with van der Waals surface area (Å²) in [5.74, 6) is -1.85. The molecule has 5 rings (SSSR count).